The molecule has 0 unspecified atom stereocenters. The lowest BCUT2D eigenvalue weighted by molar-refractivity contribution is 0.102. The average molecular weight is 346 g/mol. The number of amides is 1. The fourth-order valence-corrected chi connectivity index (χ4v) is 2.43. The van der Waals surface area contributed by atoms with Gasteiger partial charge in [0.2, 0.25) is 0 Å². The van der Waals surface area contributed by atoms with Gasteiger partial charge in [-0.25, -0.2) is 4.68 Å². The molecule has 0 aliphatic rings. The second-order valence-electron chi connectivity index (χ2n) is 5.07. The molecule has 3 aromatic rings. The Morgan fingerprint density at radius 2 is 1.91 bits per heavy atom. The zero-order valence-electron chi connectivity index (χ0n) is 12.3. The summed E-state index contributed by atoms with van der Waals surface area (Å²) in [4.78, 5) is 12.2. The van der Waals surface area contributed by atoms with Crippen molar-refractivity contribution < 1.29 is 4.79 Å². The topological polar surface area (TPSA) is 46.9 Å². The molecule has 116 valence electrons. The molecule has 0 radical (unpaired) electrons. The molecule has 4 nitrogen and oxygen atoms in total. The number of rotatable bonds is 3. The summed E-state index contributed by atoms with van der Waals surface area (Å²) in [7, 11) is 0. The number of carbonyl (C=O) groups excluding carboxylic acids is 1. The van der Waals surface area contributed by atoms with Gasteiger partial charge in [0.05, 0.1) is 15.7 Å². The standard InChI is InChI=1S/C17H13Cl2N3O/c1-11-3-2-4-13(9-11)22-8-7-16(21-22)20-17(23)12-5-6-14(18)15(19)10-12/h2-10H,1H3,(H,20,21,23). The molecule has 23 heavy (non-hydrogen) atoms. The van der Waals surface area contributed by atoms with Crippen molar-refractivity contribution in [2.75, 3.05) is 5.32 Å². The second kappa shape index (κ2) is 6.44. The van der Waals surface area contributed by atoms with Gasteiger partial charge < -0.3 is 5.32 Å². The summed E-state index contributed by atoms with van der Waals surface area (Å²) >= 11 is 11.8. The van der Waals surface area contributed by atoms with Gasteiger partial charge in [-0.3, -0.25) is 4.79 Å². The van der Waals surface area contributed by atoms with E-state index in [2.05, 4.69) is 10.4 Å². The van der Waals surface area contributed by atoms with Gasteiger partial charge >= 0.3 is 0 Å². The molecule has 0 aliphatic heterocycles. The van der Waals surface area contributed by atoms with Gasteiger partial charge in [-0.15, -0.1) is 0 Å². The van der Waals surface area contributed by atoms with E-state index >= 15 is 0 Å². The molecular formula is C17H13Cl2N3O. The minimum atomic E-state index is -0.293. The molecule has 6 heteroatoms. The maximum absolute atomic E-state index is 12.2. The van der Waals surface area contributed by atoms with Crippen LogP contribution in [0.4, 0.5) is 5.82 Å². The third-order valence-electron chi connectivity index (χ3n) is 3.28. The van der Waals surface area contributed by atoms with E-state index in [4.69, 9.17) is 23.2 Å². The number of halogens is 2. The first-order valence-corrected chi connectivity index (χ1v) is 7.67. The number of aryl methyl sites for hydroxylation is 1. The number of nitrogens with zero attached hydrogens (tertiary/aromatic N) is 2. The van der Waals surface area contributed by atoms with Crippen LogP contribution < -0.4 is 5.32 Å². The first kappa shape index (κ1) is 15.6. The van der Waals surface area contributed by atoms with Crippen LogP contribution in [0.25, 0.3) is 5.69 Å². The Morgan fingerprint density at radius 3 is 2.65 bits per heavy atom. The third kappa shape index (κ3) is 3.55. The summed E-state index contributed by atoms with van der Waals surface area (Å²) in [5, 5.41) is 7.84. The van der Waals surface area contributed by atoms with Gasteiger partial charge in [0, 0.05) is 17.8 Å². The highest BCUT2D eigenvalue weighted by atomic mass is 35.5. The molecule has 1 amide bonds. The average Bonchev–Trinajstić information content (AvgIpc) is 2.98. The highest BCUT2D eigenvalue weighted by molar-refractivity contribution is 6.42. The van der Waals surface area contributed by atoms with E-state index in [0.717, 1.165) is 11.3 Å². The predicted octanol–water partition coefficient (Wildman–Crippen LogP) is 4.74. The zero-order valence-corrected chi connectivity index (χ0v) is 13.8. The second-order valence-corrected chi connectivity index (χ2v) is 5.88. The van der Waals surface area contributed by atoms with Crippen molar-refractivity contribution in [2.45, 2.75) is 6.92 Å². The lowest BCUT2D eigenvalue weighted by Gasteiger charge is -2.04. The van der Waals surface area contributed by atoms with Gasteiger partial charge in [-0.05, 0) is 42.8 Å². The fraction of sp³-hybridized carbons (Fsp3) is 0.0588. The Morgan fingerprint density at radius 1 is 1.09 bits per heavy atom. The highest BCUT2D eigenvalue weighted by Gasteiger charge is 2.10. The molecule has 0 saturated carbocycles. The fourth-order valence-electron chi connectivity index (χ4n) is 2.13. The first-order valence-electron chi connectivity index (χ1n) is 6.92. The molecule has 1 heterocycles. The summed E-state index contributed by atoms with van der Waals surface area (Å²) in [6, 6.07) is 14.4. The van der Waals surface area contributed by atoms with Gasteiger partial charge in [-0.2, -0.15) is 5.10 Å². The smallest absolute Gasteiger partial charge is 0.256 e. The van der Waals surface area contributed by atoms with Crippen molar-refractivity contribution in [3.8, 4) is 5.69 Å². The summed E-state index contributed by atoms with van der Waals surface area (Å²) in [6.07, 6.45) is 1.79. The minimum absolute atomic E-state index is 0.293. The summed E-state index contributed by atoms with van der Waals surface area (Å²) in [5.41, 5.74) is 2.49. The number of hydrogen-bond donors (Lipinski definition) is 1. The van der Waals surface area contributed by atoms with Crippen LogP contribution in [0.1, 0.15) is 15.9 Å². The van der Waals surface area contributed by atoms with Crippen molar-refractivity contribution >= 4 is 34.9 Å². The Labute approximate surface area is 143 Å². The van der Waals surface area contributed by atoms with Crippen molar-refractivity contribution in [3.63, 3.8) is 0 Å². The normalized spacial score (nSPS) is 10.6. The molecular weight excluding hydrogens is 333 g/mol. The SMILES string of the molecule is Cc1cccc(-n2ccc(NC(=O)c3ccc(Cl)c(Cl)c3)n2)c1. The Kier molecular flexibility index (Phi) is 4.37. The first-order chi connectivity index (χ1) is 11.0. The van der Waals surface area contributed by atoms with Gasteiger partial charge in [0.1, 0.15) is 0 Å². The molecule has 0 saturated heterocycles. The van der Waals surface area contributed by atoms with E-state index in [1.54, 1.807) is 29.1 Å². The lowest BCUT2D eigenvalue weighted by Crippen LogP contribution is -2.12. The Balaban J connectivity index is 1.78. The molecule has 1 aromatic heterocycles. The van der Waals surface area contributed by atoms with Crippen LogP contribution in [0.5, 0.6) is 0 Å². The largest absolute Gasteiger partial charge is 0.305 e. The van der Waals surface area contributed by atoms with Gasteiger partial charge in [-0.1, -0.05) is 35.3 Å². The van der Waals surface area contributed by atoms with Crippen LogP contribution >= 0.6 is 23.2 Å². The van der Waals surface area contributed by atoms with Crippen molar-refractivity contribution in [1.82, 2.24) is 9.78 Å². The Bertz CT molecular complexity index is 874. The number of aromatic nitrogens is 2. The Hall–Kier alpha value is -2.30. The maximum atomic E-state index is 12.2. The highest BCUT2D eigenvalue weighted by Crippen LogP contribution is 2.23. The van der Waals surface area contributed by atoms with Crippen molar-refractivity contribution in [2.24, 2.45) is 0 Å². The molecule has 0 aliphatic carbocycles. The molecule has 1 N–H and O–H groups in total. The number of anilines is 1. The van der Waals surface area contributed by atoms with Crippen LogP contribution in [0, 0.1) is 6.92 Å². The van der Waals surface area contributed by atoms with Crippen LogP contribution in [-0.4, -0.2) is 15.7 Å². The zero-order chi connectivity index (χ0) is 16.4. The molecule has 0 atom stereocenters. The lowest BCUT2D eigenvalue weighted by atomic mass is 10.2. The van der Waals surface area contributed by atoms with Gasteiger partial charge in [0.25, 0.3) is 5.91 Å². The quantitative estimate of drug-likeness (QED) is 0.745. The van der Waals surface area contributed by atoms with E-state index in [0.29, 0.717) is 21.4 Å². The summed E-state index contributed by atoms with van der Waals surface area (Å²) in [6.45, 7) is 2.01. The van der Waals surface area contributed by atoms with Crippen molar-refractivity contribution in [1.29, 1.82) is 0 Å². The third-order valence-corrected chi connectivity index (χ3v) is 4.02. The van der Waals surface area contributed by atoms with Crippen LogP contribution in [0.15, 0.2) is 54.7 Å². The molecule has 2 aromatic carbocycles. The molecule has 0 fully saturated rings. The van der Waals surface area contributed by atoms with E-state index in [1.165, 1.54) is 6.07 Å². The number of nitrogens with one attached hydrogen (secondary N) is 1. The molecule has 0 bridgehead atoms. The predicted molar refractivity (Wildman–Crippen MR) is 92.7 cm³/mol. The molecule has 3 rings (SSSR count). The van der Waals surface area contributed by atoms with Crippen LogP contribution in [0.3, 0.4) is 0 Å². The van der Waals surface area contributed by atoms with Crippen molar-refractivity contribution in [3.05, 3.63) is 75.9 Å². The minimum Gasteiger partial charge on any atom is -0.305 e. The van der Waals surface area contributed by atoms with Gasteiger partial charge in [0.15, 0.2) is 5.82 Å². The summed E-state index contributed by atoms with van der Waals surface area (Å²) in [5.74, 6) is 0.167. The number of benzene rings is 2. The van der Waals surface area contributed by atoms with E-state index in [-0.39, 0.29) is 5.91 Å². The number of hydrogen-bond acceptors (Lipinski definition) is 2. The maximum Gasteiger partial charge on any atom is 0.256 e. The number of carbonyl (C=O) groups is 1. The van der Waals surface area contributed by atoms with E-state index in [1.807, 2.05) is 31.2 Å². The van der Waals surface area contributed by atoms with E-state index < -0.39 is 0 Å². The monoisotopic (exact) mass is 345 g/mol. The van der Waals surface area contributed by atoms with E-state index in [9.17, 15) is 4.79 Å². The molecule has 0 spiro atoms. The van der Waals surface area contributed by atoms with Crippen LogP contribution in [0.2, 0.25) is 10.0 Å². The summed E-state index contributed by atoms with van der Waals surface area (Å²) < 4.78 is 1.71. The van der Waals surface area contributed by atoms with Crippen LogP contribution in [-0.2, 0) is 0 Å².